The van der Waals surface area contributed by atoms with Gasteiger partial charge in [-0.05, 0) is 41.8 Å². The van der Waals surface area contributed by atoms with Crippen LogP contribution in [0.2, 0.25) is 5.02 Å². The van der Waals surface area contributed by atoms with Crippen molar-refractivity contribution < 1.29 is 4.42 Å². The van der Waals surface area contributed by atoms with Gasteiger partial charge in [0, 0.05) is 10.6 Å². The van der Waals surface area contributed by atoms with Crippen LogP contribution in [0.15, 0.2) is 46.9 Å². The minimum absolute atomic E-state index is 0.525. The molecule has 0 amide bonds. The Morgan fingerprint density at radius 2 is 1.79 bits per heavy atom. The Kier molecular flexibility index (Phi) is 3.03. The third-order valence-corrected chi connectivity index (χ3v) is 3.41. The number of aromatic nitrogens is 1. The number of oxazole rings is 1. The molecule has 3 aromatic rings. The largest absolute Gasteiger partial charge is 0.436 e. The molecule has 0 spiro atoms. The minimum atomic E-state index is 0.525. The maximum atomic E-state index is 5.95. The van der Waals surface area contributed by atoms with Crippen LogP contribution in [0.4, 0.5) is 0 Å². The highest BCUT2D eigenvalue weighted by Gasteiger charge is 2.09. The molecule has 0 saturated heterocycles. The number of rotatable bonds is 2. The van der Waals surface area contributed by atoms with Crippen LogP contribution in [0.5, 0.6) is 0 Å². The van der Waals surface area contributed by atoms with Crippen molar-refractivity contribution in [3.8, 4) is 11.5 Å². The quantitative estimate of drug-likeness (QED) is 0.634. The summed E-state index contributed by atoms with van der Waals surface area (Å²) in [5.41, 5.74) is 3.84. The lowest BCUT2D eigenvalue weighted by Gasteiger charge is -2.04. The summed E-state index contributed by atoms with van der Waals surface area (Å²) < 4.78 is 5.74. The number of hydrogen-bond acceptors (Lipinski definition) is 2. The second-order valence-corrected chi connectivity index (χ2v) is 5.34. The smallest absolute Gasteiger partial charge is 0.227 e. The highest BCUT2D eigenvalue weighted by molar-refractivity contribution is 6.31. The average molecular weight is 272 g/mol. The fourth-order valence-corrected chi connectivity index (χ4v) is 2.20. The van der Waals surface area contributed by atoms with Gasteiger partial charge < -0.3 is 4.42 Å². The second-order valence-electron chi connectivity index (χ2n) is 4.91. The van der Waals surface area contributed by atoms with Gasteiger partial charge in [-0.1, -0.05) is 37.6 Å². The average Bonchev–Trinajstić information content (AvgIpc) is 2.81. The van der Waals surface area contributed by atoms with Crippen LogP contribution in [0.25, 0.3) is 22.6 Å². The van der Waals surface area contributed by atoms with Crippen molar-refractivity contribution in [1.29, 1.82) is 0 Å². The summed E-state index contributed by atoms with van der Waals surface area (Å²) in [6.07, 6.45) is 0. The molecule has 1 aromatic heterocycles. The lowest BCUT2D eigenvalue weighted by molar-refractivity contribution is 0.620. The molecule has 96 valence electrons. The first kappa shape index (κ1) is 12.2. The van der Waals surface area contributed by atoms with Gasteiger partial charge in [-0.25, -0.2) is 4.98 Å². The molecule has 3 rings (SSSR count). The van der Waals surface area contributed by atoms with Gasteiger partial charge in [-0.3, -0.25) is 0 Å². The Labute approximate surface area is 117 Å². The Hall–Kier alpha value is -1.80. The van der Waals surface area contributed by atoms with E-state index >= 15 is 0 Å². The van der Waals surface area contributed by atoms with Crippen molar-refractivity contribution in [2.75, 3.05) is 0 Å². The monoisotopic (exact) mass is 271 g/mol. The topological polar surface area (TPSA) is 26.0 Å². The van der Waals surface area contributed by atoms with E-state index in [1.165, 1.54) is 5.56 Å². The zero-order valence-electron chi connectivity index (χ0n) is 10.9. The van der Waals surface area contributed by atoms with E-state index in [2.05, 4.69) is 31.0 Å². The molecule has 2 aromatic carbocycles. The second kappa shape index (κ2) is 4.71. The van der Waals surface area contributed by atoms with Crippen molar-refractivity contribution in [3.63, 3.8) is 0 Å². The van der Waals surface area contributed by atoms with E-state index in [0.29, 0.717) is 16.8 Å². The van der Waals surface area contributed by atoms with Gasteiger partial charge in [0.2, 0.25) is 5.89 Å². The van der Waals surface area contributed by atoms with Crippen molar-refractivity contribution in [2.24, 2.45) is 0 Å². The Morgan fingerprint density at radius 1 is 1.05 bits per heavy atom. The van der Waals surface area contributed by atoms with Crippen molar-refractivity contribution in [2.45, 2.75) is 19.8 Å². The molecule has 1 heterocycles. The van der Waals surface area contributed by atoms with E-state index in [1.807, 2.05) is 24.3 Å². The first-order valence-electron chi connectivity index (χ1n) is 6.30. The van der Waals surface area contributed by atoms with Gasteiger partial charge in [0.05, 0.1) is 0 Å². The molecule has 0 atom stereocenters. The zero-order valence-corrected chi connectivity index (χ0v) is 11.6. The maximum Gasteiger partial charge on any atom is 0.227 e. The molecule has 19 heavy (non-hydrogen) atoms. The molecule has 0 unspecified atom stereocenters. The highest BCUT2D eigenvalue weighted by atomic mass is 35.5. The third-order valence-electron chi connectivity index (χ3n) is 3.17. The Balaban J connectivity index is 2.03. The van der Waals surface area contributed by atoms with Crippen LogP contribution >= 0.6 is 11.6 Å². The summed E-state index contributed by atoms with van der Waals surface area (Å²) in [5, 5.41) is 0.669. The van der Waals surface area contributed by atoms with Gasteiger partial charge in [-0.15, -0.1) is 0 Å². The number of hydrogen-bond donors (Lipinski definition) is 0. The Morgan fingerprint density at radius 3 is 2.47 bits per heavy atom. The predicted octanol–water partition coefficient (Wildman–Crippen LogP) is 5.27. The minimum Gasteiger partial charge on any atom is -0.436 e. The fraction of sp³-hybridized carbons (Fsp3) is 0.188. The van der Waals surface area contributed by atoms with Crippen molar-refractivity contribution >= 4 is 22.7 Å². The number of fused-ring (bicyclic) bond motifs is 1. The highest BCUT2D eigenvalue weighted by Crippen LogP contribution is 2.27. The molecule has 0 radical (unpaired) electrons. The van der Waals surface area contributed by atoms with Gasteiger partial charge in [-0.2, -0.15) is 0 Å². The molecule has 0 bridgehead atoms. The van der Waals surface area contributed by atoms with E-state index in [1.54, 1.807) is 6.07 Å². The lowest BCUT2D eigenvalue weighted by Crippen LogP contribution is -1.86. The normalized spacial score (nSPS) is 11.4. The van der Waals surface area contributed by atoms with E-state index in [4.69, 9.17) is 16.0 Å². The van der Waals surface area contributed by atoms with Crippen LogP contribution in [0.3, 0.4) is 0 Å². The van der Waals surface area contributed by atoms with Crippen LogP contribution in [0.1, 0.15) is 25.3 Å². The van der Waals surface area contributed by atoms with Gasteiger partial charge >= 0.3 is 0 Å². The van der Waals surface area contributed by atoms with Crippen LogP contribution < -0.4 is 0 Å². The molecule has 0 saturated carbocycles. The zero-order chi connectivity index (χ0) is 13.4. The summed E-state index contributed by atoms with van der Waals surface area (Å²) in [5.74, 6) is 1.16. The van der Waals surface area contributed by atoms with Crippen molar-refractivity contribution in [1.82, 2.24) is 4.98 Å². The lowest BCUT2D eigenvalue weighted by atomic mass is 10.0. The van der Waals surface area contributed by atoms with E-state index < -0.39 is 0 Å². The standard InChI is InChI=1S/C16H14ClNO/c1-10(2)11-3-5-12(6-4-11)16-18-14-9-13(17)7-8-15(14)19-16/h3-10H,1-2H3. The van der Waals surface area contributed by atoms with Crippen LogP contribution in [-0.2, 0) is 0 Å². The predicted molar refractivity (Wildman–Crippen MR) is 78.5 cm³/mol. The maximum absolute atomic E-state index is 5.95. The van der Waals surface area contributed by atoms with Crippen LogP contribution in [0, 0.1) is 0 Å². The Bertz CT molecular complexity index is 713. The summed E-state index contributed by atoms with van der Waals surface area (Å²) in [7, 11) is 0. The summed E-state index contributed by atoms with van der Waals surface area (Å²) in [4.78, 5) is 4.47. The van der Waals surface area contributed by atoms with Gasteiger partial charge in [0.1, 0.15) is 5.52 Å². The number of nitrogens with zero attached hydrogens (tertiary/aromatic N) is 1. The number of benzene rings is 2. The molecule has 0 aliphatic carbocycles. The molecular formula is C16H14ClNO. The van der Waals surface area contributed by atoms with E-state index in [9.17, 15) is 0 Å². The molecule has 0 fully saturated rings. The third kappa shape index (κ3) is 2.36. The fourth-order valence-electron chi connectivity index (χ4n) is 2.03. The summed E-state index contributed by atoms with van der Waals surface area (Å²) in [6.45, 7) is 4.35. The summed E-state index contributed by atoms with van der Waals surface area (Å²) >= 11 is 5.95. The van der Waals surface area contributed by atoms with E-state index in [0.717, 1.165) is 16.7 Å². The molecule has 0 N–H and O–H groups in total. The molecular weight excluding hydrogens is 258 g/mol. The molecule has 3 heteroatoms. The van der Waals surface area contributed by atoms with Crippen LogP contribution in [-0.4, -0.2) is 4.98 Å². The van der Waals surface area contributed by atoms with E-state index in [-0.39, 0.29) is 0 Å². The van der Waals surface area contributed by atoms with Crippen molar-refractivity contribution in [3.05, 3.63) is 53.1 Å². The number of halogens is 1. The SMILES string of the molecule is CC(C)c1ccc(-c2nc3cc(Cl)ccc3o2)cc1. The molecule has 0 aliphatic heterocycles. The van der Waals surface area contributed by atoms with Gasteiger partial charge in [0.15, 0.2) is 5.58 Å². The first-order chi connectivity index (χ1) is 9.13. The molecule has 0 aliphatic rings. The molecule has 2 nitrogen and oxygen atoms in total. The summed E-state index contributed by atoms with van der Waals surface area (Å²) in [6, 6.07) is 13.8. The first-order valence-corrected chi connectivity index (χ1v) is 6.68. The van der Waals surface area contributed by atoms with Gasteiger partial charge in [0.25, 0.3) is 0 Å².